The van der Waals surface area contributed by atoms with Gasteiger partial charge in [0.05, 0.1) is 18.5 Å². The maximum atomic E-state index is 12.3. The van der Waals surface area contributed by atoms with Crippen LogP contribution in [0.2, 0.25) is 0 Å². The molecule has 23 heavy (non-hydrogen) atoms. The van der Waals surface area contributed by atoms with Crippen molar-refractivity contribution in [1.82, 2.24) is 4.98 Å². The van der Waals surface area contributed by atoms with Gasteiger partial charge >= 0.3 is 0 Å². The van der Waals surface area contributed by atoms with Crippen LogP contribution in [0, 0.1) is 0 Å². The largest absolute Gasteiger partial charge is 0.380 e. The van der Waals surface area contributed by atoms with Gasteiger partial charge in [0.15, 0.2) is 0 Å². The van der Waals surface area contributed by atoms with E-state index in [2.05, 4.69) is 10.3 Å². The number of hydrogen-bond acceptors (Lipinski definition) is 3. The number of methoxy groups -OCH3 is 1. The highest BCUT2D eigenvalue weighted by Crippen LogP contribution is 2.17. The number of carbonyl (C=O) groups excluding carboxylic acids is 1. The Hall–Kier alpha value is -2.72. The molecule has 3 rings (SSSR count). The molecule has 1 amide bonds. The SMILES string of the molecule is COCc1cccc(NC(=O)Cc2cccc3cccnc23)c1. The van der Waals surface area contributed by atoms with E-state index in [9.17, 15) is 4.79 Å². The van der Waals surface area contributed by atoms with Crippen LogP contribution >= 0.6 is 0 Å². The van der Waals surface area contributed by atoms with Crippen LogP contribution < -0.4 is 5.32 Å². The summed E-state index contributed by atoms with van der Waals surface area (Å²) in [6, 6.07) is 17.4. The minimum absolute atomic E-state index is 0.0577. The zero-order valence-electron chi connectivity index (χ0n) is 13.0. The normalized spacial score (nSPS) is 10.7. The van der Waals surface area contributed by atoms with E-state index in [0.29, 0.717) is 13.0 Å². The lowest BCUT2D eigenvalue weighted by atomic mass is 10.1. The molecule has 1 aromatic heterocycles. The van der Waals surface area contributed by atoms with Crippen molar-refractivity contribution in [3.8, 4) is 0 Å². The fourth-order valence-electron chi connectivity index (χ4n) is 2.59. The molecule has 0 spiro atoms. The van der Waals surface area contributed by atoms with Crippen LogP contribution in [0.1, 0.15) is 11.1 Å². The first kappa shape index (κ1) is 15.2. The molecular formula is C19H18N2O2. The fourth-order valence-corrected chi connectivity index (χ4v) is 2.59. The van der Waals surface area contributed by atoms with Gasteiger partial charge < -0.3 is 10.1 Å². The van der Waals surface area contributed by atoms with Crippen molar-refractivity contribution < 1.29 is 9.53 Å². The molecule has 0 unspecified atom stereocenters. The molecule has 0 aliphatic rings. The van der Waals surface area contributed by atoms with Gasteiger partial charge in [-0.25, -0.2) is 0 Å². The van der Waals surface area contributed by atoms with Crippen molar-refractivity contribution in [1.29, 1.82) is 0 Å². The number of hydrogen-bond donors (Lipinski definition) is 1. The first-order valence-electron chi connectivity index (χ1n) is 7.46. The van der Waals surface area contributed by atoms with Gasteiger partial charge in [0, 0.05) is 24.4 Å². The topological polar surface area (TPSA) is 51.2 Å². The summed E-state index contributed by atoms with van der Waals surface area (Å²) in [5.41, 5.74) is 3.60. The smallest absolute Gasteiger partial charge is 0.228 e. The molecule has 0 saturated carbocycles. The van der Waals surface area contributed by atoms with Crippen LogP contribution in [-0.4, -0.2) is 18.0 Å². The van der Waals surface area contributed by atoms with Crippen molar-refractivity contribution in [2.45, 2.75) is 13.0 Å². The summed E-state index contributed by atoms with van der Waals surface area (Å²) < 4.78 is 5.11. The number of ether oxygens (including phenoxy) is 1. The molecule has 116 valence electrons. The average Bonchev–Trinajstić information content (AvgIpc) is 2.56. The minimum atomic E-state index is -0.0577. The highest BCUT2D eigenvalue weighted by Gasteiger charge is 2.08. The molecule has 0 radical (unpaired) electrons. The summed E-state index contributed by atoms with van der Waals surface area (Å²) in [6.45, 7) is 0.525. The Kier molecular flexibility index (Phi) is 4.64. The number of carbonyl (C=O) groups is 1. The Morgan fingerprint density at radius 1 is 1.13 bits per heavy atom. The first-order chi connectivity index (χ1) is 11.3. The van der Waals surface area contributed by atoms with E-state index in [1.165, 1.54) is 0 Å². The standard InChI is InChI=1S/C19H18N2O2/c1-23-13-14-5-2-9-17(11-14)21-18(22)12-16-7-3-6-15-8-4-10-20-19(15)16/h2-11H,12-13H2,1H3,(H,21,22). The van der Waals surface area contributed by atoms with Crippen LogP contribution in [0.25, 0.3) is 10.9 Å². The molecule has 0 atom stereocenters. The predicted octanol–water partition coefficient (Wildman–Crippen LogP) is 3.56. The zero-order valence-corrected chi connectivity index (χ0v) is 13.0. The molecule has 0 bridgehead atoms. The third-order valence-electron chi connectivity index (χ3n) is 3.59. The summed E-state index contributed by atoms with van der Waals surface area (Å²) in [5, 5.41) is 3.97. The van der Waals surface area contributed by atoms with Gasteiger partial charge in [0.2, 0.25) is 5.91 Å². The minimum Gasteiger partial charge on any atom is -0.380 e. The van der Waals surface area contributed by atoms with Crippen LogP contribution in [0.4, 0.5) is 5.69 Å². The van der Waals surface area contributed by atoms with Crippen molar-refractivity contribution in [2.75, 3.05) is 12.4 Å². The van der Waals surface area contributed by atoms with Gasteiger partial charge in [-0.1, -0.05) is 36.4 Å². The average molecular weight is 306 g/mol. The molecule has 4 heteroatoms. The van der Waals surface area contributed by atoms with Gasteiger partial charge in [0.25, 0.3) is 0 Å². The van der Waals surface area contributed by atoms with Gasteiger partial charge in [-0.2, -0.15) is 0 Å². The summed E-state index contributed by atoms with van der Waals surface area (Å²) in [4.78, 5) is 16.7. The molecular weight excluding hydrogens is 288 g/mol. The molecule has 3 aromatic rings. The van der Waals surface area contributed by atoms with Crippen molar-refractivity contribution >= 4 is 22.5 Å². The second-order valence-electron chi connectivity index (χ2n) is 5.35. The fraction of sp³-hybridized carbons (Fsp3) is 0.158. The molecule has 1 N–H and O–H groups in total. The van der Waals surface area contributed by atoms with E-state index in [0.717, 1.165) is 27.7 Å². The Bertz CT molecular complexity index is 825. The van der Waals surface area contributed by atoms with E-state index in [-0.39, 0.29) is 5.91 Å². The Morgan fingerprint density at radius 2 is 1.96 bits per heavy atom. The highest BCUT2D eigenvalue weighted by molar-refractivity contribution is 5.95. The predicted molar refractivity (Wildman–Crippen MR) is 91.2 cm³/mol. The van der Waals surface area contributed by atoms with Crippen LogP contribution in [0.5, 0.6) is 0 Å². The number of nitrogens with one attached hydrogen (secondary N) is 1. The van der Waals surface area contributed by atoms with Crippen LogP contribution in [0.15, 0.2) is 60.8 Å². The Labute approximate surface area is 135 Å². The lowest BCUT2D eigenvalue weighted by Gasteiger charge is -2.08. The maximum Gasteiger partial charge on any atom is 0.228 e. The van der Waals surface area contributed by atoms with Crippen molar-refractivity contribution in [3.05, 3.63) is 71.9 Å². The summed E-state index contributed by atoms with van der Waals surface area (Å²) >= 11 is 0. The highest BCUT2D eigenvalue weighted by atomic mass is 16.5. The van der Waals surface area contributed by atoms with E-state index < -0.39 is 0 Å². The lowest BCUT2D eigenvalue weighted by molar-refractivity contribution is -0.115. The third kappa shape index (κ3) is 3.73. The number of anilines is 1. The first-order valence-corrected chi connectivity index (χ1v) is 7.46. The van der Waals surface area contributed by atoms with Crippen molar-refractivity contribution in [2.24, 2.45) is 0 Å². The Balaban J connectivity index is 1.75. The van der Waals surface area contributed by atoms with E-state index in [1.807, 2.05) is 54.6 Å². The van der Waals surface area contributed by atoms with Crippen molar-refractivity contribution in [3.63, 3.8) is 0 Å². The van der Waals surface area contributed by atoms with Crippen LogP contribution in [-0.2, 0) is 22.6 Å². The van der Waals surface area contributed by atoms with Crippen LogP contribution in [0.3, 0.4) is 0 Å². The number of pyridine rings is 1. The molecule has 0 aliphatic heterocycles. The van der Waals surface area contributed by atoms with E-state index in [4.69, 9.17) is 4.74 Å². The van der Waals surface area contributed by atoms with Gasteiger partial charge in [-0.05, 0) is 29.3 Å². The number of fused-ring (bicyclic) bond motifs is 1. The number of benzene rings is 2. The van der Waals surface area contributed by atoms with Gasteiger partial charge in [-0.15, -0.1) is 0 Å². The molecule has 1 heterocycles. The molecule has 0 fully saturated rings. The number of para-hydroxylation sites is 1. The van der Waals surface area contributed by atoms with Gasteiger partial charge in [0.1, 0.15) is 0 Å². The summed E-state index contributed by atoms with van der Waals surface area (Å²) in [6.07, 6.45) is 2.04. The second-order valence-corrected chi connectivity index (χ2v) is 5.35. The summed E-state index contributed by atoms with van der Waals surface area (Å²) in [7, 11) is 1.65. The van der Waals surface area contributed by atoms with E-state index in [1.54, 1.807) is 13.3 Å². The van der Waals surface area contributed by atoms with E-state index >= 15 is 0 Å². The summed E-state index contributed by atoms with van der Waals surface area (Å²) in [5.74, 6) is -0.0577. The number of rotatable bonds is 5. The monoisotopic (exact) mass is 306 g/mol. The lowest BCUT2D eigenvalue weighted by Crippen LogP contribution is -2.15. The Morgan fingerprint density at radius 3 is 2.83 bits per heavy atom. The number of aromatic nitrogens is 1. The number of amides is 1. The molecule has 2 aromatic carbocycles. The zero-order chi connectivity index (χ0) is 16.1. The number of nitrogens with zero attached hydrogens (tertiary/aromatic N) is 1. The molecule has 4 nitrogen and oxygen atoms in total. The second kappa shape index (κ2) is 7.03. The maximum absolute atomic E-state index is 12.3. The molecule has 0 aliphatic carbocycles. The third-order valence-corrected chi connectivity index (χ3v) is 3.59. The molecule has 0 saturated heterocycles. The van der Waals surface area contributed by atoms with Gasteiger partial charge in [-0.3, -0.25) is 9.78 Å². The quantitative estimate of drug-likeness (QED) is 0.784.